The monoisotopic (exact) mass is 597 g/mol. The predicted molar refractivity (Wildman–Crippen MR) is 142 cm³/mol. The Morgan fingerprint density at radius 2 is 1.80 bits per heavy atom. The number of aromatic amines is 1. The molecular weight excluding hydrogens is 564 g/mol. The Morgan fingerprint density at radius 3 is 2.54 bits per heavy atom. The minimum Gasteiger partial charge on any atom is -0.465 e. The summed E-state index contributed by atoms with van der Waals surface area (Å²) in [6, 6.07) is 7.92. The van der Waals surface area contributed by atoms with E-state index in [-0.39, 0.29) is 18.8 Å². The summed E-state index contributed by atoms with van der Waals surface area (Å²) in [5.74, 6) is -1.23. The summed E-state index contributed by atoms with van der Waals surface area (Å²) < 4.78 is 58.9. The van der Waals surface area contributed by atoms with Crippen LogP contribution in [0.4, 0.5) is 4.39 Å². The number of ether oxygens (including phenoxy) is 3. The van der Waals surface area contributed by atoms with Gasteiger partial charge in [0, 0.05) is 18.7 Å². The number of esters is 2. The largest absolute Gasteiger partial charge is 0.465 e. The molecule has 1 aromatic heterocycles. The van der Waals surface area contributed by atoms with Gasteiger partial charge in [-0.2, -0.15) is 5.09 Å². The molecule has 4 rings (SSSR count). The van der Waals surface area contributed by atoms with Gasteiger partial charge in [-0.15, -0.1) is 0 Å². The molecule has 2 N–H and O–H groups in total. The second kappa shape index (κ2) is 13.1. The van der Waals surface area contributed by atoms with Crippen molar-refractivity contribution >= 4 is 19.7 Å². The number of H-pyrrole nitrogens is 1. The van der Waals surface area contributed by atoms with Gasteiger partial charge >= 0.3 is 25.4 Å². The van der Waals surface area contributed by atoms with Crippen LogP contribution in [0.3, 0.4) is 0 Å². The van der Waals surface area contributed by atoms with Crippen LogP contribution in [-0.2, 0) is 32.9 Å². The molecule has 0 spiro atoms. The number of nitrogens with zero attached hydrogens (tertiary/aromatic N) is 1. The van der Waals surface area contributed by atoms with Crippen LogP contribution in [-0.4, -0.2) is 58.6 Å². The molecule has 2 aromatic rings. The number of alkyl halides is 1. The van der Waals surface area contributed by atoms with Crippen molar-refractivity contribution in [2.24, 2.45) is 0 Å². The molecule has 0 aliphatic carbocycles. The number of carbonyl (C=O) groups excluding carboxylic acids is 2. The number of aromatic nitrogens is 2. The van der Waals surface area contributed by atoms with Crippen molar-refractivity contribution in [1.29, 1.82) is 0 Å². The molecule has 0 saturated carbocycles. The summed E-state index contributed by atoms with van der Waals surface area (Å²) in [6.07, 6.45) is -1.28. The maximum absolute atomic E-state index is 16.4. The first-order chi connectivity index (χ1) is 19.5. The predicted octanol–water partition coefficient (Wildman–Crippen LogP) is 2.76. The van der Waals surface area contributed by atoms with Gasteiger partial charge in [-0.1, -0.05) is 31.0 Å². The van der Waals surface area contributed by atoms with E-state index in [1.807, 2.05) is 4.98 Å². The van der Waals surface area contributed by atoms with E-state index < -0.39 is 67.7 Å². The molecular formula is C26H33FN3O10P. The van der Waals surface area contributed by atoms with Crippen LogP contribution in [0.2, 0.25) is 0 Å². The first-order valence-electron chi connectivity index (χ1n) is 13.3. The van der Waals surface area contributed by atoms with Gasteiger partial charge in [0.05, 0.1) is 13.2 Å². The van der Waals surface area contributed by atoms with Crippen molar-refractivity contribution in [3.63, 3.8) is 0 Å². The van der Waals surface area contributed by atoms with Crippen LogP contribution < -0.4 is 20.9 Å². The van der Waals surface area contributed by atoms with Crippen molar-refractivity contribution in [2.45, 2.75) is 76.1 Å². The quantitative estimate of drug-likeness (QED) is 0.395. The summed E-state index contributed by atoms with van der Waals surface area (Å²) in [4.78, 5) is 51.3. The fourth-order valence-electron chi connectivity index (χ4n) is 4.54. The molecule has 2 aliphatic rings. The lowest BCUT2D eigenvalue weighted by atomic mass is 9.98. The third-order valence-electron chi connectivity index (χ3n) is 6.65. The van der Waals surface area contributed by atoms with Crippen molar-refractivity contribution in [2.75, 3.05) is 13.2 Å². The normalized spacial score (nSPS) is 32.3. The molecule has 2 saturated heterocycles. The zero-order valence-electron chi connectivity index (χ0n) is 22.7. The van der Waals surface area contributed by atoms with Crippen LogP contribution in [0, 0.1) is 0 Å². The summed E-state index contributed by atoms with van der Waals surface area (Å²) in [5, 5.41) is 2.54. The molecule has 3 heterocycles. The van der Waals surface area contributed by atoms with Gasteiger partial charge in [-0.05, 0) is 38.8 Å². The Morgan fingerprint density at radius 1 is 1.07 bits per heavy atom. The van der Waals surface area contributed by atoms with Crippen LogP contribution in [0.1, 0.15) is 52.2 Å². The van der Waals surface area contributed by atoms with Gasteiger partial charge in [-0.3, -0.25) is 28.5 Å². The highest BCUT2D eigenvalue weighted by Crippen LogP contribution is 2.48. The van der Waals surface area contributed by atoms with Crippen LogP contribution >= 0.6 is 7.75 Å². The number of rotatable bonds is 3. The Hall–Kier alpha value is -3.32. The molecule has 0 radical (unpaired) electrons. The summed E-state index contributed by atoms with van der Waals surface area (Å²) >= 11 is 0. The maximum atomic E-state index is 16.4. The van der Waals surface area contributed by atoms with E-state index in [0.717, 1.165) is 23.8 Å². The highest BCUT2D eigenvalue weighted by Gasteiger charge is 2.58. The third-order valence-corrected chi connectivity index (χ3v) is 8.29. The highest BCUT2D eigenvalue weighted by atomic mass is 31.2. The second-order valence-electron chi connectivity index (χ2n) is 9.99. The average molecular weight is 598 g/mol. The van der Waals surface area contributed by atoms with Crippen LogP contribution in [0.15, 0.2) is 52.2 Å². The number of cyclic esters (lactones) is 1. The Labute approximate surface area is 234 Å². The number of fused-ring (bicyclic) bond motifs is 1. The van der Waals surface area contributed by atoms with Gasteiger partial charge in [0.2, 0.25) is 0 Å². The van der Waals surface area contributed by atoms with E-state index in [9.17, 15) is 23.7 Å². The Balaban J connectivity index is 1.66. The molecule has 0 amide bonds. The lowest BCUT2D eigenvalue weighted by molar-refractivity contribution is -0.158. The molecule has 2 aliphatic heterocycles. The standard InChI is InChI=1S/C26H33FN3O10P/c1-17-23(33)36-15-9-4-3-8-12-21(32)39-22-19(16-37-41(35,29-17)40-18-10-6-5-7-11-18)38-24(26(22,2)27)30-14-13-20(31)28-25(30)34/h5-7,10-11,13-14,17,19,22,24H,3-4,8-9,12,15-16H2,1-2H3,(H,29,35)(H,28,31,34)/t17?,19?,22-,24-,26-,41+/m1/s1. The fraction of sp³-hybridized carbons (Fsp3) is 0.538. The van der Waals surface area contributed by atoms with Gasteiger partial charge < -0.3 is 18.7 Å². The van der Waals surface area contributed by atoms with E-state index in [1.54, 1.807) is 18.2 Å². The first-order valence-corrected chi connectivity index (χ1v) is 14.8. The number of hydrogen-bond donors (Lipinski definition) is 2. The molecule has 224 valence electrons. The van der Waals surface area contributed by atoms with Gasteiger partial charge in [0.15, 0.2) is 18.0 Å². The summed E-state index contributed by atoms with van der Waals surface area (Å²) in [6.45, 7) is 2.01. The lowest BCUT2D eigenvalue weighted by Gasteiger charge is -2.28. The molecule has 13 nitrogen and oxygen atoms in total. The van der Waals surface area contributed by atoms with Crippen molar-refractivity contribution in [3.8, 4) is 5.75 Å². The van der Waals surface area contributed by atoms with Crippen LogP contribution in [0.5, 0.6) is 5.75 Å². The molecule has 2 fully saturated rings. The Kier molecular flexibility index (Phi) is 9.80. The van der Waals surface area contributed by atoms with Gasteiger partial charge in [0.1, 0.15) is 17.9 Å². The summed E-state index contributed by atoms with van der Waals surface area (Å²) in [7, 11) is -4.36. The highest BCUT2D eigenvalue weighted by molar-refractivity contribution is 7.52. The molecule has 6 atom stereocenters. The summed E-state index contributed by atoms with van der Waals surface area (Å²) in [5.41, 5.74) is -4.12. The zero-order valence-corrected chi connectivity index (χ0v) is 23.5. The lowest BCUT2D eigenvalue weighted by Crippen LogP contribution is -2.46. The topological polar surface area (TPSA) is 164 Å². The molecule has 1 aromatic carbocycles. The smallest absolute Gasteiger partial charge is 0.459 e. The molecule has 0 bridgehead atoms. The van der Waals surface area contributed by atoms with Crippen molar-refractivity contribution < 1.29 is 41.8 Å². The van der Waals surface area contributed by atoms with Gasteiger partial charge in [0.25, 0.3) is 5.56 Å². The maximum Gasteiger partial charge on any atom is 0.459 e. The molecule has 2 unspecified atom stereocenters. The van der Waals surface area contributed by atoms with E-state index in [1.165, 1.54) is 19.1 Å². The number of hydrogen-bond acceptors (Lipinski definition) is 10. The number of benzene rings is 1. The van der Waals surface area contributed by atoms with E-state index >= 15 is 4.39 Å². The van der Waals surface area contributed by atoms with E-state index in [2.05, 4.69) is 5.09 Å². The third kappa shape index (κ3) is 7.70. The molecule has 41 heavy (non-hydrogen) atoms. The average Bonchev–Trinajstić information content (AvgIpc) is 3.16. The number of para-hydroxylation sites is 1. The number of carbonyl (C=O) groups is 2. The minimum atomic E-state index is -4.36. The van der Waals surface area contributed by atoms with Crippen LogP contribution in [0.25, 0.3) is 0 Å². The van der Waals surface area contributed by atoms with Gasteiger partial charge in [-0.25, -0.2) is 13.8 Å². The number of nitrogens with one attached hydrogen (secondary N) is 2. The fourth-order valence-corrected chi connectivity index (χ4v) is 6.04. The minimum absolute atomic E-state index is 0.0165. The second-order valence-corrected chi connectivity index (χ2v) is 11.7. The number of halogens is 1. The Bertz CT molecular complexity index is 1380. The van der Waals surface area contributed by atoms with E-state index in [4.69, 9.17) is 23.3 Å². The first kappa shape index (κ1) is 30.6. The zero-order chi connectivity index (χ0) is 29.6. The van der Waals surface area contributed by atoms with E-state index in [0.29, 0.717) is 25.7 Å². The van der Waals surface area contributed by atoms with Crippen molar-refractivity contribution in [3.05, 3.63) is 63.4 Å². The van der Waals surface area contributed by atoms with Crippen molar-refractivity contribution in [1.82, 2.24) is 14.6 Å². The SMILES string of the molecule is CC1N[P@@](=O)(Oc2ccccc2)OCC2O[C@@H](n3ccc(=O)[nH]c3=O)[C@](C)(F)[C@@H]2OC(=O)CCCCCCOC1=O. The molecule has 15 heteroatoms.